The van der Waals surface area contributed by atoms with E-state index < -0.39 is 147 Å². The van der Waals surface area contributed by atoms with Crippen LogP contribution in [-0.2, 0) is 52.2 Å². The second kappa shape index (κ2) is 18.5. The van der Waals surface area contributed by atoms with Crippen LogP contribution >= 0.6 is 0 Å². The summed E-state index contributed by atoms with van der Waals surface area (Å²) in [4.78, 5) is 23.7. The van der Waals surface area contributed by atoms with Crippen LogP contribution in [0.5, 0.6) is 0 Å². The number of nitrogens with one attached hydrogen (secondary N) is 2. The van der Waals surface area contributed by atoms with Crippen molar-refractivity contribution >= 4 is 11.8 Å². The van der Waals surface area contributed by atoms with Crippen LogP contribution in [-0.4, -0.2) is 194 Å². The van der Waals surface area contributed by atoms with E-state index >= 15 is 0 Å². The largest absolute Gasteiger partial charge is 0.388 e. The molecule has 0 radical (unpaired) electrons. The molecule has 0 bridgehead atoms. The van der Waals surface area contributed by atoms with Gasteiger partial charge in [0, 0.05) is 26.7 Å². The van der Waals surface area contributed by atoms with Crippen LogP contribution < -0.4 is 10.6 Å². The van der Waals surface area contributed by atoms with E-state index in [0.29, 0.717) is 0 Å². The van der Waals surface area contributed by atoms with E-state index in [2.05, 4.69) is 10.6 Å². The Morgan fingerprint density at radius 3 is 1.40 bits per heavy atom. The van der Waals surface area contributed by atoms with E-state index in [-0.39, 0.29) is 18.7 Å². The van der Waals surface area contributed by atoms with Crippen molar-refractivity contribution in [3.63, 3.8) is 0 Å². The number of ether oxygens (including phenoxy) is 9. The fraction of sp³-hybridized carbons (Fsp3) is 0.941. The van der Waals surface area contributed by atoms with Gasteiger partial charge in [-0.1, -0.05) is 0 Å². The van der Waals surface area contributed by atoms with Crippen LogP contribution in [0.15, 0.2) is 0 Å². The van der Waals surface area contributed by atoms with Crippen molar-refractivity contribution in [2.45, 2.75) is 203 Å². The average Bonchev–Trinajstić information content (AvgIpc) is 3.10. The molecule has 21 heteroatoms. The minimum atomic E-state index is -1.79. The van der Waals surface area contributed by atoms with Gasteiger partial charge >= 0.3 is 0 Å². The molecular weight excluding hydrogens is 740 g/mol. The Morgan fingerprint density at radius 2 is 0.891 bits per heavy atom. The second-order valence-corrected chi connectivity index (χ2v) is 15.1. The van der Waals surface area contributed by atoms with Gasteiger partial charge in [0.1, 0.15) is 67.1 Å². The van der Waals surface area contributed by atoms with E-state index in [1.54, 1.807) is 13.8 Å². The molecule has 5 rings (SSSR count). The molecule has 5 saturated heterocycles. The van der Waals surface area contributed by atoms with Crippen molar-refractivity contribution in [3.8, 4) is 0 Å². The topological polar surface area (TPSA) is 303 Å². The highest BCUT2D eigenvalue weighted by Gasteiger charge is 2.55. The molecule has 318 valence electrons. The first-order valence-electron chi connectivity index (χ1n) is 18.6. The Kier molecular flexibility index (Phi) is 14.9. The summed E-state index contributed by atoms with van der Waals surface area (Å²) in [6.07, 6.45) is -27.9. The van der Waals surface area contributed by atoms with Crippen LogP contribution in [0.4, 0.5) is 0 Å². The number of carbonyl (C=O) groups is 2. The first-order chi connectivity index (χ1) is 25.8. The van der Waals surface area contributed by atoms with Gasteiger partial charge in [-0.15, -0.1) is 0 Å². The standard InChI is InChI=1S/C34H58N2O19/c1-10-21(39)17(35-15(6)37)8-19(47-10)52-29-24(42)13(4)51-34(27(29)45)54-28-14(5)49-32(46)31(55-33-26(44)25(43)23(41)12(3)50-33)30(28)53-20-9-18(36-16(7)38)22(40)11(2)48-20/h10-14,17-34,39-46H,8-9H2,1-7H3,(H,35,37)(H,36,38)/t10-,11-,12-,13-,14-,17-,18-,19+,20+,21-,22-,23-,24-,25+,26-,27-,28-,29+,30+,31-,32?,33+,34+/m1/s1. The third kappa shape index (κ3) is 10.1. The molecule has 0 aromatic carbocycles. The summed E-state index contributed by atoms with van der Waals surface area (Å²) in [7, 11) is 0. The van der Waals surface area contributed by atoms with Crippen molar-refractivity contribution < 1.29 is 93.1 Å². The maximum atomic E-state index is 12.0. The van der Waals surface area contributed by atoms with E-state index in [1.165, 1.54) is 34.6 Å². The fourth-order valence-electron chi connectivity index (χ4n) is 7.62. The highest BCUT2D eigenvalue weighted by molar-refractivity contribution is 5.73. The molecule has 0 aromatic rings. The summed E-state index contributed by atoms with van der Waals surface area (Å²) < 4.78 is 53.8. The first-order valence-corrected chi connectivity index (χ1v) is 18.6. The second-order valence-electron chi connectivity index (χ2n) is 15.1. The van der Waals surface area contributed by atoms with Crippen LogP contribution in [0.25, 0.3) is 0 Å². The van der Waals surface area contributed by atoms with Crippen LogP contribution in [0.1, 0.15) is 61.3 Å². The van der Waals surface area contributed by atoms with E-state index in [9.17, 15) is 50.4 Å². The highest BCUT2D eigenvalue weighted by Crippen LogP contribution is 2.36. The third-order valence-corrected chi connectivity index (χ3v) is 10.7. The molecule has 0 aliphatic carbocycles. The van der Waals surface area contributed by atoms with Crippen molar-refractivity contribution in [3.05, 3.63) is 0 Å². The van der Waals surface area contributed by atoms with E-state index in [0.717, 1.165) is 0 Å². The summed E-state index contributed by atoms with van der Waals surface area (Å²) in [6, 6.07) is -1.56. The molecule has 5 heterocycles. The van der Waals surface area contributed by atoms with Crippen molar-refractivity contribution in [1.82, 2.24) is 10.6 Å². The summed E-state index contributed by atoms with van der Waals surface area (Å²) in [5, 5.41) is 92.0. The molecular formula is C34H58N2O19. The molecule has 2 amide bonds. The van der Waals surface area contributed by atoms with E-state index in [1.807, 2.05) is 0 Å². The summed E-state index contributed by atoms with van der Waals surface area (Å²) in [5.41, 5.74) is 0. The Balaban J connectivity index is 1.41. The molecule has 55 heavy (non-hydrogen) atoms. The summed E-state index contributed by atoms with van der Waals surface area (Å²) in [5.74, 6) is -0.806. The molecule has 1 unspecified atom stereocenters. The minimum Gasteiger partial charge on any atom is -0.388 e. The number of amides is 2. The monoisotopic (exact) mass is 798 g/mol. The normalized spacial score (nSPS) is 50.9. The van der Waals surface area contributed by atoms with Gasteiger partial charge in [-0.25, -0.2) is 0 Å². The van der Waals surface area contributed by atoms with Gasteiger partial charge < -0.3 is 94.1 Å². The third-order valence-electron chi connectivity index (χ3n) is 10.7. The number of hydrogen-bond donors (Lipinski definition) is 10. The SMILES string of the molecule is CC(=O)N[C@@H]1C[C@H](O[C@@H]2[C@@H](O)[C@H](O[C@H]3[C@H](O[C@H]4C[C@@H](NC(C)=O)[C@H](O)[C@@H](C)O4)[C@@H](O[C@@H]4O[C@H](C)[C@@H](O)[C@H](O)[C@H]4O)C(O)O[C@@H]3C)O[C@H](C)[C@H]2O)O[C@H](C)[C@H]1O. The molecule has 10 N–H and O–H groups in total. The van der Waals surface area contributed by atoms with Crippen molar-refractivity contribution in [2.75, 3.05) is 0 Å². The quantitative estimate of drug-likeness (QED) is 0.0997. The average molecular weight is 799 g/mol. The number of carbonyl (C=O) groups excluding carboxylic acids is 2. The molecule has 0 saturated carbocycles. The Labute approximate surface area is 318 Å². The van der Waals surface area contributed by atoms with Crippen molar-refractivity contribution in [2.24, 2.45) is 0 Å². The van der Waals surface area contributed by atoms with Gasteiger partial charge in [-0.05, 0) is 34.6 Å². The maximum Gasteiger partial charge on any atom is 0.217 e. The van der Waals surface area contributed by atoms with Crippen molar-refractivity contribution in [1.29, 1.82) is 0 Å². The number of aliphatic hydroxyl groups is 8. The molecule has 23 atom stereocenters. The molecule has 5 aliphatic rings. The zero-order valence-corrected chi connectivity index (χ0v) is 31.8. The first kappa shape index (κ1) is 44.4. The Bertz CT molecular complexity index is 1290. The van der Waals surface area contributed by atoms with Gasteiger partial charge in [-0.3, -0.25) is 9.59 Å². The zero-order chi connectivity index (χ0) is 40.6. The minimum absolute atomic E-state index is 0.0183. The van der Waals surface area contributed by atoms with Gasteiger partial charge in [0.2, 0.25) is 11.8 Å². The molecule has 5 aliphatic heterocycles. The van der Waals surface area contributed by atoms with Gasteiger partial charge in [0.05, 0.1) is 42.6 Å². The van der Waals surface area contributed by atoms with Gasteiger partial charge in [0.15, 0.2) is 31.5 Å². The van der Waals surface area contributed by atoms with Gasteiger partial charge in [-0.2, -0.15) is 0 Å². The fourth-order valence-corrected chi connectivity index (χ4v) is 7.62. The Morgan fingerprint density at radius 1 is 0.455 bits per heavy atom. The van der Waals surface area contributed by atoms with Crippen LogP contribution in [0, 0.1) is 0 Å². The lowest BCUT2D eigenvalue weighted by Gasteiger charge is -2.50. The number of rotatable bonds is 10. The highest BCUT2D eigenvalue weighted by atomic mass is 16.8. The smallest absolute Gasteiger partial charge is 0.217 e. The zero-order valence-electron chi connectivity index (χ0n) is 31.8. The number of aliphatic hydroxyl groups excluding tert-OH is 8. The lowest BCUT2D eigenvalue weighted by molar-refractivity contribution is -0.396. The van der Waals surface area contributed by atoms with Crippen LogP contribution in [0.3, 0.4) is 0 Å². The molecule has 21 nitrogen and oxygen atoms in total. The number of hydrogen-bond acceptors (Lipinski definition) is 19. The lowest BCUT2D eigenvalue weighted by Crippen LogP contribution is -2.67. The van der Waals surface area contributed by atoms with Crippen LogP contribution in [0.2, 0.25) is 0 Å². The van der Waals surface area contributed by atoms with E-state index in [4.69, 9.17) is 42.6 Å². The summed E-state index contributed by atoms with van der Waals surface area (Å²) >= 11 is 0. The lowest BCUT2D eigenvalue weighted by atomic mass is 9.95. The van der Waals surface area contributed by atoms with Gasteiger partial charge in [0.25, 0.3) is 0 Å². The predicted octanol–water partition coefficient (Wildman–Crippen LogP) is -4.44. The molecule has 0 aromatic heterocycles. The molecule has 5 fully saturated rings. The Hall–Kier alpha value is -1.74. The molecule has 0 spiro atoms. The predicted molar refractivity (Wildman–Crippen MR) is 180 cm³/mol. The maximum absolute atomic E-state index is 12.0. The summed E-state index contributed by atoms with van der Waals surface area (Å²) in [6.45, 7) is 10.2.